The van der Waals surface area contributed by atoms with E-state index < -0.39 is 0 Å². The van der Waals surface area contributed by atoms with Gasteiger partial charge < -0.3 is 15.1 Å². The molecule has 0 atom stereocenters. The number of benzene rings is 3. The lowest BCUT2D eigenvalue weighted by molar-refractivity contribution is 0.0664. The van der Waals surface area contributed by atoms with Gasteiger partial charge in [0.1, 0.15) is 0 Å². The molecule has 5 aromatic rings. The number of carbonyl (C=O) groups is 1. The molecule has 0 spiro atoms. The molecule has 1 amide bonds. The zero-order chi connectivity index (χ0) is 25.9. The highest BCUT2D eigenvalue weighted by molar-refractivity contribution is 5.95. The number of amides is 1. The summed E-state index contributed by atoms with van der Waals surface area (Å²) in [6, 6.07) is 26.5. The third-order valence-electron chi connectivity index (χ3n) is 7.11. The van der Waals surface area contributed by atoms with Crippen LogP contribution in [0.3, 0.4) is 0 Å². The van der Waals surface area contributed by atoms with E-state index in [2.05, 4.69) is 63.6 Å². The van der Waals surface area contributed by atoms with Gasteiger partial charge in [-0.25, -0.2) is 4.98 Å². The van der Waals surface area contributed by atoms with Gasteiger partial charge in [0.2, 0.25) is 0 Å². The number of anilines is 1. The molecule has 1 fully saturated rings. The molecule has 6 rings (SSSR count). The second-order valence-electron chi connectivity index (χ2n) is 9.74. The molecular weight excluding hydrogens is 472 g/mol. The SMILES string of the molecule is CN1CCN(C(=O)c2cccc(-c3cnc4cnc(-c5ccc(CNc6ccccc6)cc5)cn34)c2)CC1. The van der Waals surface area contributed by atoms with Crippen molar-refractivity contribution >= 4 is 17.2 Å². The van der Waals surface area contributed by atoms with Crippen LogP contribution in [0.4, 0.5) is 5.69 Å². The van der Waals surface area contributed by atoms with Crippen LogP contribution < -0.4 is 5.32 Å². The molecule has 3 aromatic carbocycles. The first kappa shape index (κ1) is 23.9. The number of hydrogen-bond donors (Lipinski definition) is 1. The first-order chi connectivity index (χ1) is 18.6. The average molecular weight is 503 g/mol. The van der Waals surface area contributed by atoms with Crippen molar-refractivity contribution in [1.82, 2.24) is 24.2 Å². The number of hydrogen-bond acceptors (Lipinski definition) is 5. The van der Waals surface area contributed by atoms with Gasteiger partial charge in [0.15, 0.2) is 5.65 Å². The summed E-state index contributed by atoms with van der Waals surface area (Å²) in [5.41, 5.74) is 7.56. The van der Waals surface area contributed by atoms with E-state index >= 15 is 0 Å². The molecule has 38 heavy (non-hydrogen) atoms. The van der Waals surface area contributed by atoms with Crippen molar-refractivity contribution in [3.63, 3.8) is 0 Å². The Balaban J connectivity index is 1.23. The zero-order valence-electron chi connectivity index (χ0n) is 21.4. The van der Waals surface area contributed by atoms with E-state index in [-0.39, 0.29) is 5.91 Å². The lowest BCUT2D eigenvalue weighted by Gasteiger charge is -2.32. The molecule has 1 aliphatic rings. The number of nitrogens with zero attached hydrogens (tertiary/aromatic N) is 5. The molecule has 190 valence electrons. The predicted octanol–water partition coefficient (Wildman–Crippen LogP) is 5.06. The summed E-state index contributed by atoms with van der Waals surface area (Å²) < 4.78 is 2.05. The molecule has 3 heterocycles. The Morgan fingerprint density at radius 1 is 0.842 bits per heavy atom. The Morgan fingerprint density at radius 3 is 2.42 bits per heavy atom. The predicted molar refractivity (Wildman–Crippen MR) is 151 cm³/mol. The van der Waals surface area contributed by atoms with Gasteiger partial charge >= 0.3 is 0 Å². The molecule has 1 saturated heterocycles. The van der Waals surface area contributed by atoms with E-state index in [1.54, 1.807) is 6.20 Å². The minimum absolute atomic E-state index is 0.0815. The van der Waals surface area contributed by atoms with E-state index in [4.69, 9.17) is 0 Å². The number of carbonyl (C=O) groups excluding carboxylic acids is 1. The molecule has 0 unspecified atom stereocenters. The van der Waals surface area contributed by atoms with Crippen molar-refractivity contribution in [3.05, 3.63) is 109 Å². The largest absolute Gasteiger partial charge is 0.381 e. The standard InChI is InChI=1S/C31H30N6O/c1-35-14-16-36(17-15-35)31(38)26-7-5-6-25(18-26)29-20-34-30-21-33-28(22-37(29)30)24-12-10-23(11-13-24)19-32-27-8-3-2-4-9-27/h2-13,18,20-22,32H,14-17,19H2,1H3. The molecule has 0 aliphatic carbocycles. The van der Waals surface area contributed by atoms with E-state index in [0.29, 0.717) is 5.56 Å². The smallest absolute Gasteiger partial charge is 0.253 e. The van der Waals surface area contributed by atoms with Crippen LogP contribution in [0, 0.1) is 0 Å². The normalized spacial score (nSPS) is 14.1. The Labute approximate surface area is 222 Å². The van der Waals surface area contributed by atoms with Gasteiger partial charge in [0.25, 0.3) is 5.91 Å². The summed E-state index contributed by atoms with van der Waals surface area (Å²) in [6.45, 7) is 4.07. The van der Waals surface area contributed by atoms with Crippen molar-refractivity contribution in [2.45, 2.75) is 6.54 Å². The summed E-state index contributed by atoms with van der Waals surface area (Å²) in [5, 5.41) is 3.44. The number of rotatable bonds is 6. The molecular formula is C31H30N6O. The first-order valence-corrected chi connectivity index (χ1v) is 12.9. The quantitative estimate of drug-likeness (QED) is 0.352. The molecule has 0 radical (unpaired) electrons. The highest BCUT2D eigenvalue weighted by atomic mass is 16.2. The fraction of sp³-hybridized carbons (Fsp3) is 0.194. The van der Waals surface area contributed by atoms with Crippen molar-refractivity contribution in [3.8, 4) is 22.5 Å². The number of fused-ring (bicyclic) bond motifs is 1. The summed E-state index contributed by atoms with van der Waals surface area (Å²) in [6.07, 6.45) is 5.66. The lowest BCUT2D eigenvalue weighted by Crippen LogP contribution is -2.47. The van der Waals surface area contributed by atoms with Crippen LogP contribution in [0.15, 0.2) is 97.5 Å². The second-order valence-corrected chi connectivity index (χ2v) is 9.74. The van der Waals surface area contributed by atoms with E-state index in [0.717, 1.165) is 66.6 Å². The number of likely N-dealkylation sites (N-methyl/N-ethyl adjacent to an activating group) is 1. The molecule has 0 saturated carbocycles. The maximum atomic E-state index is 13.2. The van der Waals surface area contributed by atoms with Crippen LogP contribution >= 0.6 is 0 Å². The number of imidazole rings is 1. The molecule has 1 N–H and O–H groups in total. The fourth-order valence-corrected chi connectivity index (χ4v) is 4.81. The van der Waals surface area contributed by atoms with Crippen LogP contribution in [-0.4, -0.2) is 63.3 Å². The van der Waals surface area contributed by atoms with Crippen LogP contribution in [0.1, 0.15) is 15.9 Å². The van der Waals surface area contributed by atoms with Crippen molar-refractivity contribution in [2.75, 3.05) is 38.5 Å². The van der Waals surface area contributed by atoms with Crippen LogP contribution in [0.5, 0.6) is 0 Å². The van der Waals surface area contributed by atoms with Crippen molar-refractivity contribution < 1.29 is 4.79 Å². The third-order valence-corrected chi connectivity index (χ3v) is 7.11. The molecule has 7 nitrogen and oxygen atoms in total. The van der Waals surface area contributed by atoms with E-state index in [1.165, 1.54) is 5.56 Å². The topological polar surface area (TPSA) is 65.8 Å². The fourth-order valence-electron chi connectivity index (χ4n) is 4.81. The average Bonchev–Trinajstić information content (AvgIpc) is 3.40. The van der Waals surface area contributed by atoms with Crippen molar-refractivity contribution in [2.24, 2.45) is 0 Å². The van der Waals surface area contributed by atoms with Gasteiger partial charge in [0.05, 0.1) is 23.8 Å². The van der Waals surface area contributed by atoms with Crippen LogP contribution in [0.25, 0.3) is 28.2 Å². The third kappa shape index (κ3) is 5.01. The second kappa shape index (κ2) is 10.5. The van der Waals surface area contributed by atoms with Gasteiger partial charge in [0, 0.05) is 61.3 Å². The highest BCUT2D eigenvalue weighted by Crippen LogP contribution is 2.25. The van der Waals surface area contributed by atoms with Gasteiger partial charge in [-0.2, -0.15) is 0 Å². The highest BCUT2D eigenvalue weighted by Gasteiger charge is 2.21. The maximum absolute atomic E-state index is 13.2. The Bertz CT molecular complexity index is 1550. The van der Waals surface area contributed by atoms with Gasteiger partial charge in [-0.05, 0) is 36.9 Å². The van der Waals surface area contributed by atoms with Gasteiger partial charge in [-0.1, -0.05) is 54.6 Å². The monoisotopic (exact) mass is 502 g/mol. The summed E-state index contributed by atoms with van der Waals surface area (Å²) in [7, 11) is 2.09. The Hall–Kier alpha value is -4.49. The van der Waals surface area contributed by atoms with Crippen LogP contribution in [-0.2, 0) is 6.54 Å². The molecule has 7 heteroatoms. The number of aromatic nitrogens is 3. The van der Waals surface area contributed by atoms with Crippen molar-refractivity contribution in [1.29, 1.82) is 0 Å². The Morgan fingerprint density at radius 2 is 1.63 bits per heavy atom. The van der Waals surface area contributed by atoms with E-state index in [9.17, 15) is 4.79 Å². The molecule has 2 aromatic heterocycles. The minimum atomic E-state index is 0.0815. The van der Waals surface area contributed by atoms with E-state index in [1.807, 2.05) is 64.2 Å². The number of piperazine rings is 1. The molecule has 1 aliphatic heterocycles. The van der Waals surface area contributed by atoms with Crippen LogP contribution in [0.2, 0.25) is 0 Å². The first-order valence-electron chi connectivity index (χ1n) is 12.9. The zero-order valence-corrected chi connectivity index (χ0v) is 21.4. The minimum Gasteiger partial charge on any atom is -0.381 e. The van der Waals surface area contributed by atoms with Gasteiger partial charge in [-0.15, -0.1) is 0 Å². The molecule has 0 bridgehead atoms. The maximum Gasteiger partial charge on any atom is 0.253 e. The summed E-state index contributed by atoms with van der Waals surface area (Å²) in [5.74, 6) is 0.0815. The summed E-state index contributed by atoms with van der Waals surface area (Å²) >= 11 is 0. The lowest BCUT2D eigenvalue weighted by atomic mass is 10.1. The Kier molecular flexibility index (Phi) is 6.58. The van der Waals surface area contributed by atoms with Gasteiger partial charge in [-0.3, -0.25) is 14.2 Å². The number of nitrogens with one attached hydrogen (secondary N) is 1. The summed E-state index contributed by atoms with van der Waals surface area (Å²) in [4.78, 5) is 26.6. The number of para-hydroxylation sites is 1.